The number of nitro benzene ring substituents is 1. The third-order valence-electron chi connectivity index (χ3n) is 4.52. The highest BCUT2D eigenvalue weighted by molar-refractivity contribution is 6.23. The number of benzene rings is 1. The molecule has 2 amide bonds. The number of carbonyl (C=O) groups excluding carboxylic acids is 2. The zero-order valence-electron chi connectivity index (χ0n) is 12.0. The molecule has 8 nitrogen and oxygen atoms in total. The van der Waals surface area contributed by atoms with Crippen molar-refractivity contribution in [2.24, 2.45) is 11.8 Å². The largest absolute Gasteiger partial charge is 0.495 e. The first kappa shape index (κ1) is 13.9. The van der Waals surface area contributed by atoms with Gasteiger partial charge in [-0.15, -0.1) is 0 Å². The fourth-order valence-corrected chi connectivity index (χ4v) is 3.51. The number of nitrogens with zero attached hydrogens (tertiary/aromatic N) is 2. The second kappa shape index (κ2) is 4.63. The third-order valence-corrected chi connectivity index (χ3v) is 4.52. The maximum atomic E-state index is 12.7. The molecule has 23 heavy (non-hydrogen) atoms. The molecule has 1 aromatic rings. The van der Waals surface area contributed by atoms with Crippen LogP contribution in [0, 0.1) is 22.0 Å². The molecule has 2 saturated heterocycles. The summed E-state index contributed by atoms with van der Waals surface area (Å²) in [6.07, 6.45) is 2.75. The van der Waals surface area contributed by atoms with E-state index in [1.54, 1.807) is 12.2 Å². The number of nitro groups is 1. The molecule has 0 unspecified atom stereocenters. The van der Waals surface area contributed by atoms with E-state index in [0.29, 0.717) is 0 Å². The average Bonchev–Trinajstić information content (AvgIpc) is 3.21. The third kappa shape index (κ3) is 1.75. The van der Waals surface area contributed by atoms with Crippen LogP contribution in [0.3, 0.4) is 0 Å². The highest BCUT2D eigenvalue weighted by Crippen LogP contribution is 2.48. The molecule has 0 radical (unpaired) electrons. The van der Waals surface area contributed by atoms with Crippen LogP contribution in [0.2, 0.25) is 0 Å². The molecule has 2 fully saturated rings. The summed E-state index contributed by atoms with van der Waals surface area (Å²) >= 11 is 0. The molecule has 3 heterocycles. The van der Waals surface area contributed by atoms with Gasteiger partial charge in [0.05, 0.1) is 36.1 Å². The number of rotatable bonds is 3. The Hall–Kier alpha value is -2.74. The Morgan fingerprint density at radius 3 is 2.30 bits per heavy atom. The van der Waals surface area contributed by atoms with Crippen molar-refractivity contribution >= 4 is 23.2 Å². The predicted octanol–water partition coefficient (Wildman–Crippen LogP) is 1.05. The Labute approximate surface area is 130 Å². The van der Waals surface area contributed by atoms with Crippen LogP contribution in [0.15, 0.2) is 30.4 Å². The normalized spacial score (nSPS) is 30.9. The van der Waals surface area contributed by atoms with Crippen LogP contribution in [0.4, 0.5) is 11.4 Å². The molecule has 4 atom stereocenters. The highest BCUT2D eigenvalue weighted by Gasteiger charge is 2.61. The topological polar surface area (TPSA) is 99.0 Å². The minimum absolute atomic E-state index is 0.102. The highest BCUT2D eigenvalue weighted by atomic mass is 16.6. The number of hydrogen-bond donors (Lipinski definition) is 0. The summed E-state index contributed by atoms with van der Waals surface area (Å²) in [6, 6.07) is 3.83. The minimum Gasteiger partial charge on any atom is -0.495 e. The minimum atomic E-state index is -0.580. The maximum Gasteiger partial charge on any atom is 0.271 e. The van der Waals surface area contributed by atoms with Crippen molar-refractivity contribution in [3.63, 3.8) is 0 Å². The second-order valence-electron chi connectivity index (χ2n) is 5.63. The summed E-state index contributed by atoms with van der Waals surface area (Å²) in [7, 11) is 1.38. The van der Waals surface area contributed by atoms with E-state index in [4.69, 9.17) is 9.47 Å². The molecule has 3 aliphatic rings. The fraction of sp³-hybridized carbons (Fsp3) is 0.333. The lowest BCUT2D eigenvalue weighted by Gasteiger charge is -2.19. The lowest BCUT2D eigenvalue weighted by atomic mass is 9.85. The molecular formula is C15H12N2O6. The van der Waals surface area contributed by atoms with E-state index in [1.165, 1.54) is 25.3 Å². The van der Waals surface area contributed by atoms with Crippen LogP contribution in [-0.2, 0) is 14.3 Å². The van der Waals surface area contributed by atoms with Crippen molar-refractivity contribution in [3.8, 4) is 5.75 Å². The molecular weight excluding hydrogens is 304 g/mol. The van der Waals surface area contributed by atoms with E-state index in [9.17, 15) is 19.7 Å². The number of methoxy groups -OCH3 is 1. The number of hydrogen-bond acceptors (Lipinski definition) is 6. The number of ether oxygens (including phenoxy) is 2. The predicted molar refractivity (Wildman–Crippen MR) is 76.9 cm³/mol. The zero-order chi connectivity index (χ0) is 16.3. The van der Waals surface area contributed by atoms with E-state index in [1.807, 2.05) is 0 Å². The first-order valence-electron chi connectivity index (χ1n) is 7.07. The van der Waals surface area contributed by atoms with Gasteiger partial charge < -0.3 is 9.47 Å². The summed E-state index contributed by atoms with van der Waals surface area (Å²) in [5.74, 6) is -1.72. The zero-order valence-corrected chi connectivity index (χ0v) is 12.0. The van der Waals surface area contributed by atoms with Crippen molar-refractivity contribution in [2.75, 3.05) is 12.0 Å². The summed E-state index contributed by atoms with van der Waals surface area (Å²) in [4.78, 5) is 36.8. The molecule has 0 aliphatic carbocycles. The van der Waals surface area contributed by atoms with Crippen molar-refractivity contribution in [1.82, 2.24) is 0 Å². The van der Waals surface area contributed by atoms with Gasteiger partial charge in [-0.1, -0.05) is 12.2 Å². The van der Waals surface area contributed by atoms with Gasteiger partial charge >= 0.3 is 0 Å². The number of carbonyl (C=O) groups is 2. The molecule has 0 saturated carbocycles. The standard InChI is InChI=1S/C15H12N2O6/c1-22-9-3-2-7(17(20)21)6-8(9)16-14(18)12-10-4-5-11(23-10)13(12)15(16)19/h2-6,10-13H,1H3/t10-,11-,12-,13-/m1/s1. The molecule has 3 aliphatic heterocycles. The number of fused-ring (bicyclic) bond motifs is 5. The van der Waals surface area contributed by atoms with Crippen LogP contribution < -0.4 is 9.64 Å². The molecule has 0 spiro atoms. The summed E-state index contributed by atoms with van der Waals surface area (Å²) in [5.41, 5.74) is -0.110. The Kier molecular flexibility index (Phi) is 2.79. The summed E-state index contributed by atoms with van der Waals surface area (Å²) < 4.78 is 10.7. The molecule has 8 heteroatoms. The first-order valence-corrected chi connectivity index (χ1v) is 7.07. The monoisotopic (exact) mass is 316 g/mol. The molecule has 2 bridgehead atoms. The number of non-ortho nitro benzene ring substituents is 1. The Bertz CT molecular complexity index is 743. The second-order valence-corrected chi connectivity index (χ2v) is 5.63. The lowest BCUT2D eigenvalue weighted by molar-refractivity contribution is -0.384. The van der Waals surface area contributed by atoms with E-state index >= 15 is 0 Å². The molecule has 1 aromatic carbocycles. The molecule has 0 N–H and O–H groups in total. The SMILES string of the molecule is COc1ccc([N+](=O)[O-])cc1N1C(=O)[C@H]2[C@H](C1=O)[C@H]1C=C[C@H]2O1. The lowest BCUT2D eigenvalue weighted by Crippen LogP contribution is -2.34. The summed E-state index contributed by atoms with van der Waals surface area (Å²) in [5, 5.41) is 11.0. The van der Waals surface area contributed by atoms with E-state index in [0.717, 1.165) is 4.90 Å². The van der Waals surface area contributed by atoms with Gasteiger partial charge in [0.1, 0.15) is 11.4 Å². The number of imide groups is 1. The first-order chi connectivity index (χ1) is 11.0. The van der Waals surface area contributed by atoms with Gasteiger partial charge in [0, 0.05) is 12.1 Å². The van der Waals surface area contributed by atoms with Crippen LogP contribution >= 0.6 is 0 Å². The van der Waals surface area contributed by atoms with E-state index in [2.05, 4.69) is 0 Å². The van der Waals surface area contributed by atoms with Crippen LogP contribution in [0.25, 0.3) is 0 Å². The van der Waals surface area contributed by atoms with Gasteiger partial charge in [0.2, 0.25) is 11.8 Å². The van der Waals surface area contributed by atoms with Crippen LogP contribution in [-0.4, -0.2) is 36.1 Å². The quantitative estimate of drug-likeness (QED) is 0.358. The Morgan fingerprint density at radius 2 is 1.78 bits per heavy atom. The smallest absolute Gasteiger partial charge is 0.271 e. The van der Waals surface area contributed by atoms with Gasteiger partial charge in [-0.2, -0.15) is 0 Å². The maximum absolute atomic E-state index is 12.7. The van der Waals surface area contributed by atoms with Crippen molar-refractivity contribution in [3.05, 3.63) is 40.5 Å². The van der Waals surface area contributed by atoms with E-state index < -0.39 is 40.8 Å². The van der Waals surface area contributed by atoms with Crippen LogP contribution in [0.1, 0.15) is 0 Å². The average molecular weight is 316 g/mol. The number of amides is 2. The van der Waals surface area contributed by atoms with Gasteiger partial charge in [-0.25, -0.2) is 4.90 Å². The fourth-order valence-electron chi connectivity index (χ4n) is 3.51. The molecule has 118 valence electrons. The van der Waals surface area contributed by atoms with Gasteiger partial charge in [-0.05, 0) is 6.07 Å². The van der Waals surface area contributed by atoms with Gasteiger partial charge in [-0.3, -0.25) is 19.7 Å². The molecule has 4 rings (SSSR count). The number of anilines is 1. The Balaban J connectivity index is 1.80. The Morgan fingerprint density at radius 1 is 1.17 bits per heavy atom. The van der Waals surface area contributed by atoms with Gasteiger partial charge in [0.15, 0.2) is 0 Å². The van der Waals surface area contributed by atoms with Crippen molar-refractivity contribution < 1.29 is 24.0 Å². The molecule has 0 aromatic heterocycles. The van der Waals surface area contributed by atoms with Crippen LogP contribution in [0.5, 0.6) is 5.75 Å². The van der Waals surface area contributed by atoms with Crippen molar-refractivity contribution in [1.29, 1.82) is 0 Å². The summed E-state index contributed by atoms with van der Waals surface area (Å²) in [6.45, 7) is 0. The van der Waals surface area contributed by atoms with E-state index in [-0.39, 0.29) is 17.1 Å². The van der Waals surface area contributed by atoms with Gasteiger partial charge in [0.25, 0.3) is 5.69 Å². The van der Waals surface area contributed by atoms with Crippen molar-refractivity contribution in [2.45, 2.75) is 12.2 Å².